The summed E-state index contributed by atoms with van der Waals surface area (Å²) in [5, 5.41) is 1.07. The number of hydrogen-bond donors (Lipinski definition) is 0. The molecule has 0 aliphatic heterocycles. The van der Waals surface area contributed by atoms with Gasteiger partial charge in [0, 0.05) is 30.1 Å². The van der Waals surface area contributed by atoms with Crippen LogP contribution in [0.4, 0.5) is 0 Å². The smallest absolute Gasteiger partial charge is 0.290 e. The van der Waals surface area contributed by atoms with Crippen LogP contribution in [0.15, 0.2) is 97.1 Å². The van der Waals surface area contributed by atoms with Crippen molar-refractivity contribution < 1.29 is 13.8 Å². The standard InChI is InChI=1S/C25H22NO3P/c27-22(19-21-16-15-20-9-7-8-14-25(20)26-21)17-18-30(28-23-10-3-1-4-11-23)29-24-12-5-2-6-13-24/h1-16H,17-19H2. The highest BCUT2D eigenvalue weighted by Crippen LogP contribution is 2.40. The molecular weight excluding hydrogens is 393 g/mol. The molecule has 0 spiro atoms. The van der Waals surface area contributed by atoms with Crippen LogP contribution in [0.5, 0.6) is 11.5 Å². The largest absolute Gasteiger partial charge is 0.439 e. The summed E-state index contributed by atoms with van der Waals surface area (Å²) in [4.78, 5) is 17.2. The van der Waals surface area contributed by atoms with Crippen LogP contribution in [0.25, 0.3) is 10.9 Å². The van der Waals surface area contributed by atoms with Gasteiger partial charge < -0.3 is 9.05 Å². The third-order valence-corrected chi connectivity index (χ3v) is 5.93. The molecule has 1 heterocycles. The van der Waals surface area contributed by atoms with Gasteiger partial charge in [0.25, 0.3) is 8.38 Å². The fourth-order valence-electron chi connectivity index (χ4n) is 3.02. The summed E-state index contributed by atoms with van der Waals surface area (Å²) >= 11 is 0. The van der Waals surface area contributed by atoms with Gasteiger partial charge in [-0.3, -0.25) is 9.78 Å². The predicted octanol–water partition coefficient (Wildman–Crippen LogP) is 6.21. The Morgan fingerprint density at radius 3 is 2.00 bits per heavy atom. The lowest BCUT2D eigenvalue weighted by atomic mass is 10.1. The number of para-hydroxylation sites is 3. The molecule has 4 rings (SSSR count). The molecule has 0 N–H and O–H groups in total. The maximum absolute atomic E-state index is 12.6. The van der Waals surface area contributed by atoms with Gasteiger partial charge in [0.05, 0.1) is 5.52 Å². The van der Waals surface area contributed by atoms with Crippen molar-refractivity contribution in [2.24, 2.45) is 0 Å². The first kappa shape index (κ1) is 20.1. The highest BCUT2D eigenvalue weighted by molar-refractivity contribution is 7.48. The number of fused-ring (bicyclic) bond motifs is 1. The van der Waals surface area contributed by atoms with Crippen molar-refractivity contribution in [3.8, 4) is 11.5 Å². The summed E-state index contributed by atoms with van der Waals surface area (Å²) in [6, 6.07) is 31.0. The van der Waals surface area contributed by atoms with Gasteiger partial charge in [0.15, 0.2) is 0 Å². The number of ketones is 1. The zero-order chi connectivity index (χ0) is 20.6. The molecule has 0 unspecified atom stereocenters. The van der Waals surface area contributed by atoms with Gasteiger partial charge in [-0.15, -0.1) is 0 Å². The Balaban J connectivity index is 1.39. The third-order valence-electron chi connectivity index (χ3n) is 4.51. The van der Waals surface area contributed by atoms with E-state index in [1.807, 2.05) is 97.1 Å². The van der Waals surface area contributed by atoms with E-state index in [0.717, 1.165) is 28.1 Å². The van der Waals surface area contributed by atoms with Crippen molar-refractivity contribution >= 4 is 25.1 Å². The lowest BCUT2D eigenvalue weighted by molar-refractivity contribution is -0.118. The molecule has 0 bridgehead atoms. The van der Waals surface area contributed by atoms with Gasteiger partial charge in [-0.2, -0.15) is 0 Å². The van der Waals surface area contributed by atoms with Gasteiger partial charge >= 0.3 is 0 Å². The molecule has 5 heteroatoms. The SMILES string of the molecule is O=C(CCP(Oc1ccccc1)Oc1ccccc1)Cc1ccc2ccccc2n1. The van der Waals surface area contributed by atoms with Crippen LogP contribution >= 0.6 is 8.38 Å². The highest BCUT2D eigenvalue weighted by Gasteiger charge is 2.17. The Morgan fingerprint density at radius 1 is 0.733 bits per heavy atom. The van der Waals surface area contributed by atoms with Crippen molar-refractivity contribution in [2.75, 3.05) is 6.16 Å². The number of nitrogens with zero attached hydrogens (tertiary/aromatic N) is 1. The molecule has 1 aromatic heterocycles. The first-order valence-corrected chi connectivity index (χ1v) is 11.2. The number of carbonyl (C=O) groups is 1. The minimum Gasteiger partial charge on any atom is -0.439 e. The number of rotatable bonds is 9. The Bertz CT molecular complexity index is 1060. The maximum Gasteiger partial charge on any atom is 0.290 e. The summed E-state index contributed by atoms with van der Waals surface area (Å²) in [5.41, 5.74) is 1.70. The van der Waals surface area contributed by atoms with E-state index >= 15 is 0 Å². The minimum atomic E-state index is -1.29. The Kier molecular flexibility index (Phi) is 6.68. The molecular formula is C25H22NO3P. The molecule has 4 aromatic rings. The van der Waals surface area contributed by atoms with Crippen LogP contribution < -0.4 is 9.05 Å². The van der Waals surface area contributed by atoms with Crippen molar-refractivity contribution in [1.29, 1.82) is 0 Å². The lowest BCUT2D eigenvalue weighted by Gasteiger charge is -2.18. The van der Waals surface area contributed by atoms with Crippen LogP contribution in [0.1, 0.15) is 12.1 Å². The molecule has 0 radical (unpaired) electrons. The molecule has 0 fully saturated rings. The number of aromatic nitrogens is 1. The summed E-state index contributed by atoms with van der Waals surface area (Å²) in [7, 11) is -1.29. The van der Waals surface area contributed by atoms with Crippen LogP contribution in [0.2, 0.25) is 0 Å². The lowest BCUT2D eigenvalue weighted by Crippen LogP contribution is -2.09. The number of benzene rings is 3. The minimum absolute atomic E-state index is 0.124. The summed E-state index contributed by atoms with van der Waals surface area (Å²) in [6.07, 6.45) is 1.20. The van der Waals surface area contributed by atoms with Gasteiger partial charge in [-0.1, -0.05) is 60.7 Å². The monoisotopic (exact) mass is 415 g/mol. The predicted molar refractivity (Wildman–Crippen MR) is 121 cm³/mol. The van der Waals surface area contributed by atoms with E-state index in [2.05, 4.69) is 4.98 Å². The molecule has 4 nitrogen and oxygen atoms in total. The summed E-state index contributed by atoms with van der Waals surface area (Å²) < 4.78 is 12.1. The van der Waals surface area contributed by atoms with Crippen molar-refractivity contribution in [3.63, 3.8) is 0 Å². The van der Waals surface area contributed by atoms with E-state index in [4.69, 9.17) is 9.05 Å². The molecule has 0 saturated carbocycles. The Hall–Kier alpha value is -3.23. The number of hydrogen-bond acceptors (Lipinski definition) is 4. The maximum atomic E-state index is 12.6. The third kappa shape index (κ3) is 5.65. The van der Waals surface area contributed by atoms with Crippen molar-refractivity contribution in [2.45, 2.75) is 12.8 Å². The fraction of sp³-hybridized carbons (Fsp3) is 0.120. The van der Waals surface area contributed by atoms with E-state index in [0.29, 0.717) is 19.0 Å². The molecule has 0 atom stereocenters. The highest BCUT2D eigenvalue weighted by atomic mass is 31.2. The molecule has 3 aromatic carbocycles. The quantitative estimate of drug-likeness (QED) is 0.305. The molecule has 30 heavy (non-hydrogen) atoms. The van der Waals surface area contributed by atoms with Crippen molar-refractivity contribution in [3.05, 3.63) is 103 Å². The van der Waals surface area contributed by atoms with E-state index in [1.54, 1.807) is 0 Å². The van der Waals surface area contributed by atoms with Gasteiger partial charge in [0.1, 0.15) is 17.3 Å². The zero-order valence-corrected chi connectivity index (χ0v) is 17.4. The summed E-state index contributed by atoms with van der Waals surface area (Å²) in [6.45, 7) is 0. The Labute approximate surface area is 177 Å². The Morgan fingerprint density at radius 2 is 1.33 bits per heavy atom. The molecule has 0 saturated heterocycles. The normalized spacial score (nSPS) is 10.8. The second-order valence-corrected chi connectivity index (χ2v) is 8.30. The van der Waals surface area contributed by atoms with Crippen LogP contribution in [-0.2, 0) is 11.2 Å². The average Bonchev–Trinajstić information content (AvgIpc) is 2.79. The van der Waals surface area contributed by atoms with E-state index in [9.17, 15) is 4.79 Å². The number of Topliss-reactive ketones (excluding diaryl/α,β-unsaturated/α-hetero) is 1. The fourth-order valence-corrected chi connectivity index (χ4v) is 4.39. The average molecular weight is 415 g/mol. The zero-order valence-electron chi connectivity index (χ0n) is 16.5. The van der Waals surface area contributed by atoms with Crippen molar-refractivity contribution in [1.82, 2.24) is 4.98 Å². The molecule has 150 valence electrons. The molecule has 0 aliphatic rings. The van der Waals surface area contributed by atoms with E-state index < -0.39 is 8.38 Å². The first-order chi connectivity index (χ1) is 14.8. The second kappa shape index (κ2) is 10.00. The van der Waals surface area contributed by atoms with E-state index in [1.165, 1.54) is 0 Å². The van der Waals surface area contributed by atoms with Gasteiger partial charge in [-0.25, -0.2) is 0 Å². The van der Waals surface area contributed by atoms with E-state index in [-0.39, 0.29) is 5.78 Å². The molecule has 0 aliphatic carbocycles. The van der Waals surface area contributed by atoms with Crippen LogP contribution in [0.3, 0.4) is 0 Å². The first-order valence-electron chi connectivity index (χ1n) is 9.86. The summed E-state index contributed by atoms with van der Waals surface area (Å²) in [5.74, 6) is 1.60. The van der Waals surface area contributed by atoms with Crippen LogP contribution in [0, 0.1) is 0 Å². The topological polar surface area (TPSA) is 48.4 Å². The van der Waals surface area contributed by atoms with Crippen LogP contribution in [-0.4, -0.2) is 16.9 Å². The molecule has 0 amide bonds. The van der Waals surface area contributed by atoms with Gasteiger partial charge in [0.2, 0.25) is 0 Å². The number of pyridine rings is 1. The second-order valence-electron chi connectivity index (χ2n) is 6.83. The van der Waals surface area contributed by atoms with Gasteiger partial charge in [-0.05, 0) is 36.4 Å². The number of carbonyl (C=O) groups excluding carboxylic acids is 1.